The van der Waals surface area contributed by atoms with Gasteiger partial charge in [0.15, 0.2) is 0 Å². The average molecular weight is 289 g/mol. The molecule has 0 bridgehead atoms. The maximum atomic E-state index is 4.43. The van der Waals surface area contributed by atoms with Gasteiger partial charge in [-0.15, -0.1) is 11.3 Å². The highest BCUT2D eigenvalue weighted by Crippen LogP contribution is 2.33. The first-order valence-electron chi connectivity index (χ1n) is 7.40. The van der Waals surface area contributed by atoms with E-state index >= 15 is 0 Å². The van der Waals surface area contributed by atoms with Crippen LogP contribution in [-0.4, -0.2) is 9.78 Å². The van der Waals surface area contributed by atoms with Gasteiger partial charge >= 0.3 is 0 Å². The molecule has 1 aliphatic carbocycles. The summed E-state index contributed by atoms with van der Waals surface area (Å²) in [5.41, 5.74) is 4.25. The van der Waals surface area contributed by atoms with Crippen LogP contribution in [-0.2, 0) is 13.5 Å². The van der Waals surface area contributed by atoms with Gasteiger partial charge in [-0.2, -0.15) is 5.10 Å². The van der Waals surface area contributed by atoms with Crippen molar-refractivity contribution in [3.8, 4) is 0 Å². The number of nitrogens with zero attached hydrogens (tertiary/aromatic N) is 2. The molecule has 20 heavy (non-hydrogen) atoms. The molecule has 3 nitrogen and oxygen atoms in total. The fraction of sp³-hybridized carbons (Fsp3) is 0.562. The number of aromatic nitrogens is 2. The van der Waals surface area contributed by atoms with E-state index in [-0.39, 0.29) is 0 Å². The Balaban J connectivity index is 1.80. The largest absolute Gasteiger partial charge is 0.303 e. The molecule has 2 aromatic heterocycles. The van der Waals surface area contributed by atoms with Crippen LogP contribution in [0.3, 0.4) is 0 Å². The summed E-state index contributed by atoms with van der Waals surface area (Å²) in [4.78, 5) is 2.83. The van der Waals surface area contributed by atoms with Gasteiger partial charge in [0.2, 0.25) is 0 Å². The molecule has 108 valence electrons. The highest BCUT2D eigenvalue weighted by molar-refractivity contribution is 7.12. The number of hydrogen-bond acceptors (Lipinski definition) is 3. The van der Waals surface area contributed by atoms with Crippen LogP contribution < -0.4 is 5.32 Å². The molecule has 2 atom stereocenters. The van der Waals surface area contributed by atoms with Crippen molar-refractivity contribution in [2.45, 2.75) is 52.1 Å². The monoisotopic (exact) mass is 289 g/mol. The number of fused-ring (bicyclic) bond motifs is 1. The normalized spacial score (nSPS) is 19.9. The first-order valence-corrected chi connectivity index (χ1v) is 8.21. The van der Waals surface area contributed by atoms with E-state index in [2.05, 4.69) is 44.3 Å². The second kappa shape index (κ2) is 5.34. The zero-order chi connectivity index (χ0) is 14.3. The molecule has 0 fully saturated rings. The van der Waals surface area contributed by atoms with Gasteiger partial charge in [-0.1, -0.05) is 0 Å². The topological polar surface area (TPSA) is 29.9 Å². The van der Waals surface area contributed by atoms with Crippen molar-refractivity contribution in [2.75, 3.05) is 0 Å². The fourth-order valence-electron chi connectivity index (χ4n) is 3.35. The van der Waals surface area contributed by atoms with Crippen LogP contribution in [0.4, 0.5) is 0 Å². The number of rotatable bonds is 3. The molecule has 2 heterocycles. The predicted octanol–water partition coefficient (Wildman–Crippen LogP) is 3.83. The number of hydrogen-bond donors (Lipinski definition) is 1. The molecular formula is C16H23N3S. The minimum Gasteiger partial charge on any atom is -0.303 e. The van der Waals surface area contributed by atoms with Crippen molar-refractivity contribution in [3.63, 3.8) is 0 Å². The molecular weight excluding hydrogens is 266 g/mol. The minimum absolute atomic E-state index is 0.399. The van der Waals surface area contributed by atoms with Crippen LogP contribution in [0.15, 0.2) is 12.3 Å². The number of thiophene rings is 1. The average Bonchev–Trinajstić information content (AvgIpc) is 2.94. The summed E-state index contributed by atoms with van der Waals surface area (Å²) in [7, 11) is 2.05. The highest BCUT2D eigenvalue weighted by atomic mass is 32.1. The summed E-state index contributed by atoms with van der Waals surface area (Å²) < 4.78 is 2.04. The van der Waals surface area contributed by atoms with Gasteiger partial charge in [-0.3, -0.25) is 4.68 Å². The molecule has 1 N–H and O–H groups in total. The standard InChI is InChI=1S/C16H23N3S/c1-10-8-13(12(3)20-10)11(2)18-15-6-5-7-16-14(15)9-17-19(16)4/h8-9,11,15,18H,5-7H2,1-4H3. The van der Waals surface area contributed by atoms with Crippen LogP contribution in [0.25, 0.3) is 0 Å². The number of aryl methyl sites for hydroxylation is 3. The minimum atomic E-state index is 0.399. The molecule has 0 aromatic carbocycles. The SMILES string of the molecule is Cc1cc(C(C)NC2CCCc3c2cnn3C)c(C)s1. The van der Waals surface area contributed by atoms with Gasteiger partial charge in [0.25, 0.3) is 0 Å². The van der Waals surface area contributed by atoms with Crippen LogP contribution >= 0.6 is 11.3 Å². The van der Waals surface area contributed by atoms with Crippen molar-refractivity contribution in [3.05, 3.63) is 38.8 Å². The van der Waals surface area contributed by atoms with Crippen molar-refractivity contribution < 1.29 is 0 Å². The maximum absolute atomic E-state index is 4.43. The van der Waals surface area contributed by atoms with E-state index in [4.69, 9.17) is 0 Å². The molecule has 3 rings (SSSR count). The summed E-state index contributed by atoms with van der Waals surface area (Å²) in [6.45, 7) is 6.69. The second-order valence-electron chi connectivity index (χ2n) is 5.87. The Hall–Kier alpha value is -1.13. The predicted molar refractivity (Wildman–Crippen MR) is 84.2 cm³/mol. The Bertz CT molecular complexity index is 611. The second-order valence-corrected chi connectivity index (χ2v) is 7.33. The summed E-state index contributed by atoms with van der Waals surface area (Å²) in [5, 5.41) is 8.24. The van der Waals surface area contributed by atoms with Gasteiger partial charge in [0, 0.05) is 40.1 Å². The quantitative estimate of drug-likeness (QED) is 0.930. The van der Waals surface area contributed by atoms with Crippen LogP contribution in [0, 0.1) is 13.8 Å². The first-order chi connectivity index (χ1) is 9.56. The van der Waals surface area contributed by atoms with Gasteiger partial charge < -0.3 is 5.32 Å². The maximum Gasteiger partial charge on any atom is 0.0540 e. The Kier molecular flexibility index (Phi) is 3.69. The van der Waals surface area contributed by atoms with Crippen LogP contribution in [0.2, 0.25) is 0 Å². The van der Waals surface area contributed by atoms with E-state index in [9.17, 15) is 0 Å². The van der Waals surface area contributed by atoms with Gasteiger partial charge in [0.05, 0.1) is 6.20 Å². The zero-order valence-electron chi connectivity index (χ0n) is 12.7. The van der Waals surface area contributed by atoms with E-state index < -0.39 is 0 Å². The van der Waals surface area contributed by atoms with Crippen LogP contribution in [0.5, 0.6) is 0 Å². The highest BCUT2D eigenvalue weighted by Gasteiger charge is 2.25. The van der Waals surface area contributed by atoms with Gasteiger partial charge in [-0.25, -0.2) is 0 Å². The van der Waals surface area contributed by atoms with Crippen molar-refractivity contribution in [1.82, 2.24) is 15.1 Å². The summed E-state index contributed by atoms with van der Waals surface area (Å²) in [5.74, 6) is 0. The lowest BCUT2D eigenvalue weighted by atomic mass is 9.92. The number of nitrogens with one attached hydrogen (secondary N) is 1. The molecule has 0 radical (unpaired) electrons. The van der Waals surface area contributed by atoms with E-state index in [1.807, 2.05) is 22.2 Å². The molecule has 1 aliphatic rings. The molecule has 0 saturated carbocycles. The van der Waals surface area contributed by atoms with E-state index in [0.717, 1.165) is 6.42 Å². The van der Waals surface area contributed by atoms with E-state index in [0.29, 0.717) is 12.1 Å². The van der Waals surface area contributed by atoms with Gasteiger partial charge in [0.1, 0.15) is 0 Å². The fourth-order valence-corrected chi connectivity index (χ4v) is 4.37. The molecule has 2 aromatic rings. The lowest BCUT2D eigenvalue weighted by molar-refractivity contribution is 0.411. The van der Waals surface area contributed by atoms with Crippen molar-refractivity contribution in [2.24, 2.45) is 7.05 Å². The van der Waals surface area contributed by atoms with Crippen LogP contribution in [0.1, 0.15) is 58.4 Å². The van der Waals surface area contributed by atoms with Crippen molar-refractivity contribution in [1.29, 1.82) is 0 Å². The molecule has 0 amide bonds. The van der Waals surface area contributed by atoms with E-state index in [1.54, 1.807) is 0 Å². The molecule has 0 spiro atoms. The third kappa shape index (κ3) is 2.42. The summed E-state index contributed by atoms with van der Waals surface area (Å²) in [6, 6.07) is 3.17. The van der Waals surface area contributed by atoms with E-state index in [1.165, 1.54) is 39.4 Å². The van der Waals surface area contributed by atoms with Gasteiger partial charge in [-0.05, 0) is 51.7 Å². The third-order valence-electron chi connectivity index (χ3n) is 4.37. The summed E-state index contributed by atoms with van der Waals surface area (Å²) >= 11 is 1.89. The lowest BCUT2D eigenvalue weighted by Gasteiger charge is -2.27. The molecule has 0 saturated heterocycles. The Morgan fingerprint density at radius 2 is 2.25 bits per heavy atom. The Morgan fingerprint density at radius 3 is 2.95 bits per heavy atom. The molecule has 2 unspecified atom stereocenters. The summed E-state index contributed by atoms with van der Waals surface area (Å²) in [6.07, 6.45) is 5.67. The lowest BCUT2D eigenvalue weighted by Crippen LogP contribution is -2.27. The van der Waals surface area contributed by atoms with Crippen molar-refractivity contribution >= 4 is 11.3 Å². The third-order valence-corrected chi connectivity index (χ3v) is 5.35. The smallest absolute Gasteiger partial charge is 0.0540 e. The molecule has 4 heteroatoms. The zero-order valence-corrected chi connectivity index (χ0v) is 13.5. The Morgan fingerprint density at radius 1 is 1.45 bits per heavy atom. The molecule has 0 aliphatic heterocycles. The Labute approximate surface area is 125 Å². The first kappa shape index (κ1) is 13.8.